The van der Waals surface area contributed by atoms with Crippen molar-refractivity contribution in [2.24, 2.45) is 0 Å². The summed E-state index contributed by atoms with van der Waals surface area (Å²) in [4.78, 5) is 13.0. The summed E-state index contributed by atoms with van der Waals surface area (Å²) in [6, 6.07) is 7.52. The average molecular weight is 230 g/mol. The summed E-state index contributed by atoms with van der Waals surface area (Å²) >= 11 is 0. The zero-order valence-corrected chi connectivity index (χ0v) is 8.92. The van der Waals surface area contributed by atoms with Gasteiger partial charge in [0.1, 0.15) is 18.8 Å². The third-order valence-corrected chi connectivity index (χ3v) is 2.08. The van der Waals surface area contributed by atoms with Crippen LogP contribution in [-0.2, 0) is 0 Å². The number of phenolic OH excluding ortho intramolecular Hbond substituents is 1. The normalized spacial score (nSPS) is 9.06. The molecule has 86 valence electrons. The lowest BCUT2D eigenvalue weighted by molar-refractivity contribution is 0.0795. The van der Waals surface area contributed by atoms with Gasteiger partial charge in [-0.25, -0.2) is 0 Å². The molecule has 6 nitrogen and oxygen atoms in total. The van der Waals surface area contributed by atoms with Crippen LogP contribution in [-0.4, -0.2) is 29.0 Å². The van der Waals surface area contributed by atoms with Crippen LogP contribution in [0.25, 0.3) is 0 Å². The third kappa shape index (κ3) is 2.86. The Bertz CT molecular complexity index is 497. The quantitative estimate of drug-likeness (QED) is 0.445. The maximum Gasteiger partial charge on any atom is 0.257 e. The molecule has 0 aliphatic carbocycles. The number of carbonyl (C=O) groups is 1. The molecule has 0 atom stereocenters. The number of benzene rings is 1. The maximum atomic E-state index is 11.9. The molecule has 1 aromatic rings. The first-order valence-electron chi connectivity index (χ1n) is 4.71. The van der Waals surface area contributed by atoms with Crippen molar-refractivity contribution in [2.45, 2.75) is 0 Å². The van der Waals surface area contributed by atoms with E-state index < -0.39 is 5.91 Å². The Morgan fingerprint density at radius 3 is 2.47 bits per heavy atom. The Hall–Kier alpha value is -2.73. The van der Waals surface area contributed by atoms with Gasteiger partial charge in [0.25, 0.3) is 5.91 Å². The largest absolute Gasteiger partial charge is 0.508 e. The van der Waals surface area contributed by atoms with E-state index in [4.69, 9.17) is 16.3 Å². The molecular formula is C11H10N4O2. The van der Waals surface area contributed by atoms with Crippen LogP contribution >= 0.6 is 0 Å². The second-order valence-corrected chi connectivity index (χ2v) is 3.25. The van der Waals surface area contributed by atoms with E-state index in [2.05, 4.69) is 0 Å². The van der Waals surface area contributed by atoms with E-state index in [0.29, 0.717) is 0 Å². The molecule has 6 heteroatoms. The van der Waals surface area contributed by atoms with E-state index in [1.165, 1.54) is 18.2 Å². The van der Waals surface area contributed by atoms with Crippen molar-refractivity contribution >= 4 is 11.6 Å². The van der Waals surface area contributed by atoms with E-state index in [1.807, 2.05) is 0 Å². The van der Waals surface area contributed by atoms with E-state index >= 15 is 0 Å². The van der Waals surface area contributed by atoms with Crippen molar-refractivity contribution in [1.82, 2.24) is 4.90 Å². The van der Waals surface area contributed by atoms with Gasteiger partial charge in [-0.05, 0) is 18.2 Å². The van der Waals surface area contributed by atoms with Crippen molar-refractivity contribution in [1.29, 1.82) is 10.5 Å². The predicted molar refractivity (Wildman–Crippen MR) is 59.6 cm³/mol. The smallest absolute Gasteiger partial charge is 0.257 e. The molecule has 1 amide bonds. The average Bonchev–Trinajstić information content (AvgIpc) is 2.31. The Morgan fingerprint density at radius 2 is 1.94 bits per heavy atom. The van der Waals surface area contributed by atoms with Crippen LogP contribution in [0.1, 0.15) is 10.4 Å². The van der Waals surface area contributed by atoms with Gasteiger partial charge in [-0.3, -0.25) is 4.79 Å². The molecule has 0 radical (unpaired) electrons. The monoisotopic (exact) mass is 230 g/mol. The fourth-order valence-electron chi connectivity index (χ4n) is 1.27. The zero-order chi connectivity index (χ0) is 12.8. The molecule has 0 aliphatic rings. The third-order valence-electron chi connectivity index (χ3n) is 2.08. The highest BCUT2D eigenvalue weighted by molar-refractivity contribution is 5.99. The van der Waals surface area contributed by atoms with Crippen LogP contribution in [0, 0.1) is 22.7 Å². The lowest BCUT2D eigenvalue weighted by atomic mass is 10.1. The fraction of sp³-hybridized carbons (Fsp3) is 0.182. The number of aromatic hydroxyl groups is 1. The summed E-state index contributed by atoms with van der Waals surface area (Å²) in [5.41, 5.74) is 5.86. The molecule has 0 bridgehead atoms. The Labute approximate surface area is 98.1 Å². The molecule has 17 heavy (non-hydrogen) atoms. The molecule has 0 heterocycles. The molecule has 0 saturated carbocycles. The van der Waals surface area contributed by atoms with Crippen LogP contribution in [0.2, 0.25) is 0 Å². The number of nitrogens with two attached hydrogens (primary N) is 1. The van der Waals surface area contributed by atoms with Gasteiger partial charge in [-0.1, -0.05) is 0 Å². The number of rotatable bonds is 3. The number of nitrogens with zero attached hydrogens (tertiary/aromatic N) is 3. The van der Waals surface area contributed by atoms with Gasteiger partial charge in [0, 0.05) is 5.69 Å². The van der Waals surface area contributed by atoms with Crippen molar-refractivity contribution in [3.05, 3.63) is 23.8 Å². The van der Waals surface area contributed by atoms with Crippen LogP contribution in [0.5, 0.6) is 5.75 Å². The fourth-order valence-corrected chi connectivity index (χ4v) is 1.27. The molecular weight excluding hydrogens is 220 g/mol. The summed E-state index contributed by atoms with van der Waals surface area (Å²) in [7, 11) is 0. The molecule has 3 N–H and O–H groups in total. The predicted octanol–water partition coefficient (Wildman–Crippen LogP) is 0.464. The van der Waals surface area contributed by atoms with E-state index in [9.17, 15) is 9.90 Å². The molecule has 0 aromatic heterocycles. The Morgan fingerprint density at radius 1 is 1.35 bits per heavy atom. The summed E-state index contributed by atoms with van der Waals surface area (Å²) in [6.45, 7) is -0.414. The molecule has 0 fully saturated rings. The minimum Gasteiger partial charge on any atom is -0.508 e. The number of anilines is 1. The van der Waals surface area contributed by atoms with Crippen LogP contribution < -0.4 is 5.73 Å². The SMILES string of the molecule is N#CCN(CC#N)C(=O)c1cc(O)ccc1N. The van der Waals surface area contributed by atoms with E-state index in [-0.39, 0.29) is 30.1 Å². The van der Waals surface area contributed by atoms with Crippen molar-refractivity contribution in [3.8, 4) is 17.9 Å². The van der Waals surface area contributed by atoms with Gasteiger partial charge in [0.15, 0.2) is 0 Å². The molecule has 1 rings (SSSR count). The molecule has 1 aromatic carbocycles. The van der Waals surface area contributed by atoms with Crippen LogP contribution in [0.15, 0.2) is 18.2 Å². The topological polar surface area (TPSA) is 114 Å². The van der Waals surface area contributed by atoms with Gasteiger partial charge < -0.3 is 15.7 Å². The highest BCUT2D eigenvalue weighted by atomic mass is 16.3. The van der Waals surface area contributed by atoms with Crippen molar-refractivity contribution in [2.75, 3.05) is 18.8 Å². The second-order valence-electron chi connectivity index (χ2n) is 3.25. The minimum absolute atomic E-state index is 0.0792. The van der Waals surface area contributed by atoms with E-state index in [1.54, 1.807) is 12.1 Å². The van der Waals surface area contributed by atoms with Gasteiger partial charge in [0.2, 0.25) is 0 Å². The van der Waals surface area contributed by atoms with Crippen LogP contribution in [0.3, 0.4) is 0 Å². The number of amides is 1. The maximum absolute atomic E-state index is 11.9. The Balaban J connectivity index is 3.06. The summed E-state index contributed by atoms with van der Waals surface area (Å²) < 4.78 is 0. The summed E-state index contributed by atoms with van der Waals surface area (Å²) in [5.74, 6) is -0.655. The zero-order valence-electron chi connectivity index (χ0n) is 8.92. The van der Waals surface area contributed by atoms with Gasteiger partial charge in [-0.15, -0.1) is 0 Å². The van der Waals surface area contributed by atoms with Crippen molar-refractivity contribution in [3.63, 3.8) is 0 Å². The molecule has 0 unspecified atom stereocenters. The number of hydrogen-bond donors (Lipinski definition) is 2. The number of nitrogen functional groups attached to an aromatic ring is 1. The molecule has 0 spiro atoms. The van der Waals surface area contributed by atoms with Gasteiger partial charge in [0.05, 0.1) is 17.7 Å². The van der Waals surface area contributed by atoms with E-state index in [0.717, 1.165) is 4.90 Å². The summed E-state index contributed by atoms with van der Waals surface area (Å²) in [6.07, 6.45) is 0. The first kappa shape index (κ1) is 12.3. The molecule has 0 aliphatic heterocycles. The minimum atomic E-state index is -0.554. The summed E-state index contributed by atoms with van der Waals surface area (Å²) in [5, 5.41) is 26.4. The standard InChI is InChI=1S/C11H10N4O2/c12-3-5-15(6-4-13)11(17)9-7-8(16)1-2-10(9)14/h1-2,7,16H,5-6,14H2. The highest BCUT2D eigenvalue weighted by Crippen LogP contribution is 2.19. The number of phenols is 1. The lowest BCUT2D eigenvalue weighted by Gasteiger charge is -2.16. The number of nitriles is 2. The second kappa shape index (κ2) is 5.38. The highest BCUT2D eigenvalue weighted by Gasteiger charge is 2.18. The molecule has 0 saturated heterocycles. The lowest BCUT2D eigenvalue weighted by Crippen LogP contribution is -2.32. The van der Waals surface area contributed by atoms with Crippen molar-refractivity contribution < 1.29 is 9.90 Å². The number of hydrogen-bond acceptors (Lipinski definition) is 5. The van der Waals surface area contributed by atoms with Crippen LogP contribution in [0.4, 0.5) is 5.69 Å². The van der Waals surface area contributed by atoms with Gasteiger partial charge >= 0.3 is 0 Å². The first-order valence-corrected chi connectivity index (χ1v) is 4.71. The van der Waals surface area contributed by atoms with Gasteiger partial charge in [-0.2, -0.15) is 10.5 Å². The number of carbonyl (C=O) groups excluding carboxylic acids is 1. The first-order chi connectivity index (χ1) is 8.10. The Kier molecular flexibility index (Phi) is 3.91.